The van der Waals surface area contributed by atoms with Gasteiger partial charge in [0.05, 0.1) is 7.11 Å². The first kappa shape index (κ1) is 27.0. The van der Waals surface area contributed by atoms with Crippen LogP contribution in [0.3, 0.4) is 0 Å². The largest absolute Gasteiger partial charge is 0.497 e. The predicted octanol–water partition coefficient (Wildman–Crippen LogP) is 7.02. The number of hydrogen-bond donors (Lipinski definition) is 1. The number of nitrogens with zero attached hydrogens (tertiary/aromatic N) is 1. The van der Waals surface area contributed by atoms with Crippen LogP contribution in [0.1, 0.15) is 27.8 Å². The van der Waals surface area contributed by atoms with E-state index in [0.29, 0.717) is 41.7 Å². The predicted molar refractivity (Wildman–Crippen MR) is 153 cm³/mol. The number of benzene rings is 4. The summed E-state index contributed by atoms with van der Waals surface area (Å²) in [6.45, 7) is 4.85. The lowest BCUT2D eigenvalue weighted by Gasteiger charge is -2.12. The molecule has 0 saturated carbocycles. The van der Waals surface area contributed by atoms with Gasteiger partial charge in [-0.3, -0.25) is 4.79 Å². The van der Waals surface area contributed by atoms with Gasteiger partial charge < -0.3 is 19.5 Å². The van der Waals surface area contributed by atoms with Crippen molar-refractivity contribution in [1.82, 2.24) is 0 Å². The highest BCUT2D eigenvalue weighted by atomic mass is 16.5. The zero-order valence-electron chi connectivity index (χ0n) is 22.2. The van der Waals surface area contributed by atoms with Crippen molar-refractivity contribution < 1.29 is 19.0 Å². The molecule has 1 N–H and O–H groups in total. The molecule has 0 unspecified atom stereocenters. The Kier molecular flexibility index (Phi) is 8.99. The van der Waals surface area contributed by atoms with Gasteiger partial charge in [0.25, 0.3) is 5.91 Å². The van der Waals surface area contributed by atoms with E-state index in [1.165, 1.54) is 11.6 Å². The summed E-state index contributed by atoms with van der Waals surface area (Å²) in [5, 5.41) is 12.5. The van der Waals surface area contributed by atoms with E-state index >= 15 is 0 Å². The van der Waals surface area contributed by atoms with Crippen LogP contribution in [0.15, 0.2) is 96.6 Å². The third-order valence-corrected chi connectivity index (χ3v) is 6.04. The molecule has 6 heteroatoms. The van der Waals surface area contributed by atoms with Crippen molar-refractivity contribution in [3.8, 4) is 23.3 Å². The lowest BCUT2D eigenvalue weighted by molar-refractivity contribution is -0.112. The van der Waals surface area contributed by atoms with Crippen LogP contribution in [0.4, 0.5) is 5.69 Å². The summed E-state index contributed by atoms with van der Waals surface area (Å²) in [5.74, 6) is 1.27. The Morgan fingerprint density at radius 1 is 0.795 bits per heavy atom. The van der Waals surface area contributed by atoms with Crippen molar-refractivity contribution >= 4 is 17.7 Å². The number of rotatable bonds is 10. The molecule has 0 aliphatic carbocycles. The van der Waals surface area contributed by atoms with Crippen LogP contribution in [-0.2, 0) is 18.0 Å². The summed E-state index contributed by atoms with van der Waals surface area (Å²) >= 11 is 0. The molecule has 0 radical (unpaired) electrons. The second-order valence-corrected chi connectivity index (χ2v) is 9.10. The van der Waals surface area contributed by atoms with Gasteiger partial charge in [-0.25, -0.2) is 0 Å². The molecular weight excluding hydrogens is 488 g/mol. The number of methoxy groups -OCH3 is 1. The van der Waals surface area contributed by atoms with Gasteiger partial charge in [0, 0.05) is 17.3 Å². The number of carbonyl (C=O) groups is 1. The third kappa shape index (κ3) is 7.73. The number of hydrogen-bond acceptors (Lipinski definition) is 5. The van der Waals surface area contributed by atoms with E-state index in [2.05, 4.69) is 5.32 Å². The topological polar surface area (TPSA) is 80.6 Å². The Balaban J connectivity index is 1.43. The van der Waals surface area contributed by atoms with E-state index < -0.39 is 5.91 Å². The third-order valence-electron chi connectivity index (χ3n) is 6.04. The molecule has 39 heavy (non-hydrogen) atoms. The first-order valence-electron chi connectivity index (χ1n) is 12.5. The molecule has 4 aromatic rings. The fourth-order valence-electron chi connectivity index (χ4n) is 3.72. The molecular formula is C33H30N2O4. The van der Waals surface area contributed by atoms with Crippen LogP contribution in [0.2, 0.25) is 0 Å². The number of ether oxygens (including phenoxy) is 3. The number of aryl methyl sites for hydroxylation is 2. The van der Waals surface area contributed by atoms with Gasteiger partial charge in [-0.05, 0) is 67.4 Å². The average Bonchev–Trinajstić information content (AvgIpc) is 2.96. The standard InChI is InChI=1S/C33H30N2O4/c1-23-4-8-25(9-5-23)21-38-30-16-13-29(14-17-30)35-33(36)28(20-34)18-27-12-15-31(37-3)19-32(27)39-22-26-10-6-24(2)7-11-26/h4-19H,21-22H2,1-3H3,(H,35,36)/b28-18+. The molecule has 4 rings (SSSR count). The van der Waals surface area contributed by atoms with Gasteiger partial charge in [-0.1, -0.05) is 59.7 Å². The van der Waals surface area contributed by atoms with Crippen molar-refractivity contribution in [1.29, 1.82) is 5.26 Å². The molecule has 0 bridgehead atoms. The van der Waals surface area contributed by atoms with Gasteiger partial charge in [-0.15, -0.1) is 0 Å². The van der Waals surface area contributed by atoms with Crippen molar-refractivity contribution in [2.24, 2.45) is 0 Å². The monoisotopic (exact) mass is 518 g/mol. The minimum atomic E-state index is -0.522. The van der Waals surface area contributed by atoms with Gasteiger partial charge in [0.1, 0.15) is 42.1 Å². The lowest BCUT2D eigenvalue weighted by Crippen LogP contribution is -2.13. The highest BCUT2D eigenvalue weighted by Crippen LogP contribution is 2.28. The molecule has 0 saturated heterocycles. The second-order valence-electron chi connectivity index (χ2n) is 9.10. The molecule has 0 aliphatic heterocycles. The molecule has 0 atom stereocenters. The van der Waals surface area contributed by atoms with E-state index in [4.69, 9.17) is 14.2 Å². The highest BCUT2D eigenvalue weighted by molar-refractivity contribution is 6.09. The van der Waals surface area contributed by atoms with Crippen molar-refractivity contribution in [2.75, 3.05) is 12.4 Å². The number of anilines is 1. The number of nitriles is 1. The fourth-order valence-corrected chi connectivity index (χ4v) is 3.72. The van der Waals surface area contributed by atoms with Gasteiger partial charge in [0.2, 0.25) is 0 Å². The van der Waals surface area contributed by atoms with Gasteiger partial charge in [-0.2, -0.15) is 5.26 Å². The van der Waals surface area contributed by atoms with E-state index in [0.717, 1.165) is 16.7 Å². The number of amides is 1. The summed E-state index contributed by atoms with van der Waals surface area (Å²) in [6.07, 6.45) is 1.51. The summed E-state index contributed by atoms with van der Waals surface area (Å²) in [5.41, 5.74) is 5.52. The van der Waals surface area contributed by atoms with Crippen LogP contribution in [-0.4, -0.2) is 13.0 Å². The Labute approximate surface area is 229 Å². The second kappa shape index (κ2) is 13.0. The van der Waals surface area contributed by atoms with Crippen molar-refractivity contribution in [2.45, 2.75) is 27.1 Å². The Hall–Kier alpha value is -5.02. The SMILES string of the molecule is COc1ccc(/C=C(\C#N)C(=O)Nc2ccc(OCc3ccc(C)cc3)cc2)c(OCc2ccc(C)cc2)c1. The molecule has 0 aromatic heterocycles. The molecule has 1 amide bonds. The molecule has 196 valence electrons. The minimum absolute atomic E-state index is 0.0555. The van der Waals surface area contributed by atoms with E-state index in [1.807, 2.05) is 68.4 Å². The van der Waals surface area contributed by atoms with Crippen LogP contribution >= 0.6 is 0 Å². The maximum atomic E-state index is 12.9. The summed E-state index contributed by atoms with van der Waals surface area (Å²) in [6, 6.07) is 30.5. The summed E-state index contributed by atoms with van der Waals surface area (Å²) < 4.78 is 17.2. The Morgan fingerprint density at radius 3 is 1.92 bits per heavy atom. The average molecular weight is 519 g/mol. The first-order chi connectivity index (χ1) is 18.9. The quantitative estimate of drug-likeness (QED) is 0.180. The number of nitrogens with one attached hydrogen (secondary N) is 1. The number of carbonyl (C=O) groups excluding carboxylic acids is 1. The smallest absolute Gasteiger partial charge is 0.266 e. The molecule has 0 heterocycles. The molecule has 0 aliphatic rings. The molecule has 0 spiro atoms. The summed E-state index contributed by atoms with van der Waals surface area (Å²) in [4.78, 5) is 12.9. The zero-order chi connectivity index (χ0) is 27.6. The van der Waals surface area contributed by atoms with Crippen molar-refractivity contribution in [3.05, 3.63) is 124 Å². The van der Waals surface area contributed by atoms with E-state index in [9.17, 15) is 10.1 Å². The normalized spacial score (nSPS) is 10.9. The van der Waals surface area contributed by atoms with Crippen LogP contribution in [0.5, 0.6) is 17.2 Å². The van der Waals surface area contributed by atoms with Crippen LogP contribution in [0, 0.1) is 25.2 Å². The summed E-state index contributed by atoms with van der Waals surface area (Å²) in [7, 11) is 1.57. The Bertz CT molecular complexity index is 1480. The highest BCUT2D eigenvalue weighted by Gasteiger charge is 2.13. The minimum Gasteiger partial charge on any atom is -0.497 e. The van der Waals surface area contributed by atoms with Crippen molar-refractivity contribution in [3.63, 3.8) is 0 Å². The van der Waals surface area contributed by atoms with Crippen LogP contribution in [0.25, 0.3) is 6.08 Å². The maximum absolute atomic E-state index is 12.9. The fraction of sp³-hybridized carbons (Fsp3) is 0.152. The lowest BCUT2D eigenvalue weighted by atomic mass is 10.1. The zero-order valence-corrected chi connectivity index (χ0v) is 22.2. The van der Waals surface area contributed by atoms with E-state index in [1.54, 1.807) is 49.6 Å². The van der Waals surface area contributed by atoms with Gasteiger partial charge >= 0.3 is 0 Å². The molecule has 6 nitrogen and oxygen atoms in total. The molecule has 0 fully saturated rings. The van der Waals surface area contributed by atoms with E-state index in [-0.39, 0.29) is 5.57 Å². The van der Waals surface area contributed by atoms with Gasteiger partial charge in [0.15, 0.2) is 0 Å². The maximum Gasteiger partial charge on any atom is 0.266 e. The Morgan fingerprint density at radius 2 is 1.36 bits per heavy atom. The first-order valence-corrected chi connectivity index (χ1v) is 12.5. The van der Waals surface area contributed by atoms with Crippen LogP contribution < -0.4 is 19.5 Å². The molecule has 4 aromatic carbocycles.